The number of hydrogen-bond donors (Lipinski definition) is 1. The molecule has 1 fully saturated rings. The summed E-state index contributed by atoms with van der Waals surface area (Å²) in [6.07, 6.45) is 0.263. The van der Waals surface area contributed by atoms with E-state index < -0.39 is 0 Å². The molecular formula is C21H20N4O4. The van der Waals surface area contributed by atoms with Crippen LogP contribution in [0, 0.1) is 6.92 Å². The third kappa shape index (κ3) is 3.96. The van der Waals surface area contributed by atoms with E-state index in [9.17, 15) is 9.59 Å². The Morgan fingerprint density at radius 1 is 1.21 bits per heavy atom. The Bertz CT molecular complexity index is 1040. The summed E-state index contributed by atoms with van der Waals surface area (Å²) >= 11 is 0. The minimum atomic E-state index is -0.328. The van der Waals surface area contributed by atoms with Crippen molar-refractivity contribution in [3.05, 3.63) is 65.5 Å². The van der Waals surface area contributed by atoms with Crippen LogP contribution in [0.2, 0.25) is 0 Å². The summed E-state index contributed by atoms with van der Waals surface area (Å²) in [5, 5.41) is 10.5. The number of hydrogen-bond acceptors (Lipinski definition) is 6. The Morgan fingerprint density at radius 3 is 2.72 bits per heavy atom. The number of nitrogens with zero attached hydrogens (tertiary/aromatic N) is 3. The second-order valence-electron chi connectivity index (χ2n) is 6.87. The highest BCUT2D eigenvalue weighted by Crippen LogP contribution is 2.32. The van der Waals surface area contributed by atoms with E-state index in [1.165, 1.54) is 0 Å². The fraction of sp³-hybridized carbons (Fsp3) is 0.238. The molecule has 0 spiro atoms. The van der Waals surface area contributed by atoms with E-state index in [0.717, 1.165) is 17.0 Å². The minimum absolute atomic E-state index is 0.0156. The van der Waals surface area contributed by atoms with Gasteiger partial charge in [-0.05, 0) is 43.3 Å². The maximum atomic E-state index is 12.4. The number of aromatic nitrogens is 2. The van der Waals surface area contributed by atoms with Crippen LogP contribution < -0.4 is 15.0 Å². The Hall–Kier alpha value is -3.68. The van der Waals surface area contributed by atoms with Crippen LogP contribution in [0.5, 0.6) is 5.75 Å². The first-order valence-electron chi connectivity index (χ1n) is 9.19. The zero-order valence-corrected chi connectivity index (χ0v) is 16.1. The van der Waals surface area contributed by atoms with E-state index in [2.05, 4.69) is 15.5 Å². The number of amides is 2. The lowest BCUT2D eigenvalue weighted by Crippen LogP contribution is -2.24. The van der Waals surface area contributed by atoms with Crippen LogP contribution in [0.15, 0.2) is 52.9 Å². The Kier molecular flexibility index (Phi) is 4.99. The van der Waals surface area contributed by atoms with Gasteiger partial charge in [-0.3, -0.25) is 14.9 Å². The zero-order chi connectivity index (χ0) is 20.4. The van der Waals surface area contributed by atoms with Crippen LogP contribution in [0.4, 0.5) is 11.7 Å². The van der Waals surface area contributed by atoms with Crippen LogP contribution in [0.1, 0.15) is 34.2 Å². The van der Waals surface area contributed by atoms with Gasteiger partial charge < -0.3 is 14.1 Å². The van der Waals surface area contributed by atoms with Crippen LogP contribution in [0.3, 0.4) is 0 Å². The molecule has 0 aliphatic carbocycles. The molecule has 1 aliphatic rings. The fourth-order valence-corrected chi connectivity index (χ4v) is 3.29. The van der Waals surface area contributed by atoms with Crippen LogP contribution in [-0.2, 0) is 4.79 Å². The standard InChI is InChI=1S/C21H20N4O4/c1-13-4-3-5-14(10-13)19(27)22-21-24-23-20(29-21)15-11-18(26)25(12-15)16-6-8-17(28-2)9-7-16/h3-10,15H,11-12H2,1-2H3,(H,22,24,27)/t15-/m1/s1. The molecular weight excluding hydrogens is 372 g/mol. The predicted molar refractivity (Wildman–Crippen MR) is 106 cm³/mol. The molecule has 0 unspecified atom stereocenters. The molecule has 0 radical (unpaired) electrons. The number of methoxy groups -OCH3 is 1. The molecule has 1 atom stereocenters. The summed E-state index contributed by atoms with van der Waals surface area (Å²) in [5.41, 5.74) is 2.27. The van der Waals surface area contributed by atoms with Crippen LogP contribution in [-0.4, -0.2) is 35.7 Å². The van der Waals surface area contributed by atoms with Crippen LogP contribution in [0.25, 0.3) is 0 Å². The van der Waals surface area contributed by atoms with E-state index in [1.807, 2.05) is 37.3 Å². The number of nitrogens with one attached hydrogen (secondary N) is 1. The molecule has 0 saturated carbocycles. The maximum Gasteiger partial charge on any atom is 0.322 e. The second-order valence-corrected chi connectivity index (χ2v) is 6.87. The molecule has 29 heavy (non-hydrogen) atoms. The largest absolute Gasteiger partial charge is 0.497 e. The van der Waals surface area contributed by atoms with Gasteiger partial charge in [0.05, 0.1) is 13.0 Å². The van der Waals surface area contributed by atoms with Gasteiger partial charge in [-0.15, -0.1) is 5.10 Å². The molecule has 1 saturated heterocycles. The van der Waals surface area contributed by atoms with Crippen molar-refractivity contribution in [1.29, 1.82) is 0 Å². The number of carbonyl (C=O) groups excluding carboxylic acids is 2. The molecule has 2 aromatic carbocycles. The molecule has 1 N–H and O–H groups in total. The number of carbonyl (C=O) groups is 2. The lowest BCUT2D eigenvalue weighted by Gasteiger charge is -2.16. The van der Waals surface area contributed by atoms with E-state index in [1.54, 1.807) is 30.2 Å². The minimum Gasteiger partial charge on any atom is -0.497 e. The van der Waals surface area contributed by atoms with Gasteiger partial charge in [-0.2, -0.15) is 0 Å². The van der Waals surface area contributed by atoms with E-state index in [-0.39, 0.29) is 30.2 Å². The summed E-state index contributed by atoms with van der Waals surface area (Å²) in [5.74, 6) is 0.466. The summed E-state index contributed by atoms with van der Waals surface area (Å²) in [4.78, 5) is 26.5. The summed E-state index contributed by atoms with van der Waals surface area (Å²) in [7, 11) is 1.59. The Labute approximate surface area is 167 Å². The van der Waals surface area contributed by atoms with Gasteiger partial charge in [-0.1, -0.05) is 22.8 Å². The number of anilines is 2. The van der Waals surface area contributed by atoms with E-state index in [0.29, 0.717) is 18.0 Å². The zero-order valence-electron chi connectivity index (χ0n) is 16.1. The normalized spacial score (nSPS) is 16.1. The van der Waals surface area contributed by atoms with E-state index >= 15 is 0 Å². The quantitative estimate of drug-likeness (QED) is 0.716. The Balaban J connectivity index is 1.44. The van der Waals surface area contributed by atoms with Crippen molar-refractivity contribution in [2.45, 2.75) is 19.3 Å². The summed E-state index contributed by atoms with van der Waals surface area (Å²) in [6, 6.07) is 14.5. The van der Waals surface area contributed by atoms with Gasteiger partial charge in [0.2, 0.25) is 11.8 Å². The molecule has 148 valence electrons. The number of rotatable bonds is 5. The van der Waals surface area contributed by atoms with Gasteiger partial charge in [0.15, 0.2) is 0 Å². The molecule has 4 rings (SSSR count). The number of ether oxygens (including phenoxy) is 1. The van der Waals surface area contributed by atoms with Gasteiger partial charge in [-0.25, -0.2) is 0 Å². The highest BCUT2D eigenvalue weighted by Gasteiger charge is 2.35. The molecule has 8 heteroatoms. The van der Waals surface area contributed by atoms with Gasteiger partial charge in [0, 0.05) is 24.2 Å². The van der Waals surface area contributed by atoms with Crippen LogP contribution >= 0.6 is 0 Å². The van der Waals surface area contributed by atoms with Crippen molar-refractivity contribution < 1.29 is 18.7 Å². The highest BCUT2D eigenvalue weighted by molar-refractivity contribution is 6.03. The Morgan fingerprint density at radius 2 is 2.00 bits per heavy atom. The topological polar surface area (TPSA) is 97.6 Å². The first-order chi connectivity index (χ1) is 14.0. The van der Waals surface area contributed by atoms with E-state index in [4.69, 9.17) is 9.15 Å². The monoisotopic (exact) mass is 392 g/mol. The molecule has 8 nitrogen and oxygen atoms in total. The fourth-order valence-electron chi connectivity index (χ4n) is 3.29. The van der Waals surface area contributed by atoms with Crippen molar-refractivity contribution in [2.24, 2.45) is 0 Å². The molecule has 2 heterocycles. The highest BCUT2D eigenvalue weighted by atomic mass is 16.5. The second kappa shape index (κ2) is 7.75. The lowest BCUT2D eigenvalue weighted by atomic mass is 10.1. The molecule has 2 amide bonds. The van der Waals surface area contributed by atoms with Crippen molar-refractivity contribution in [3.8, 4) is 5.75 Å². The van der Waals surface area contributed by atoms with Crippen molar-refractivity contribution in [2.75, 3.05) is 23.9 Å². The lowest BCUT2D eigenvalue weighted by molar-refractivity contribution is -0.117. The molecule has 1 aromatic heterocycles. The first-order valence-corrected chi connectivity index (χ1v) is 9.19. The molecule has 0 bridgehead atoms. The summed E-state index contributed by atoms with van der Waals surface area (Å²) in [6.45, 7) is 2.34. The van der Waals surface area contributed by atoms with Gasteiger partial charge >= 0.3 is 6.01 Å². The van der Waals surface area contributed by atoms with Gasteiger partial charge in [0.1, 0.15) is 5.75 Å². The maximum absolute atomic E-state index is 12.4. The molecule has 1 aliphatic heterocycles. The number of benzene rings is 2. The first kappa shape index (κ1) is 18.7. The third-order valence-electron chi connectivity index (χ3n) is 4.80. The van der Waals surface area contributed by atoms with Crippen molar-refractivity contribution in [1.82, 2.24) is 10.2 Å². The van der Waals surface area contributed by atoms with Crippen molar-refractivity contribution >= 4 is 23.5 Å². The smallest absolute Gasteiger partial charge is 0.322 e. The van der Waals surface area contributed by atoms with Gasteiger partial charge in [0.25, 0.3) is 5.91 Å². The third-order valence-corrected chi connectivity index (χ3v) is 4.80. The molecule has 3 aromatic rings. The predicted octanol–water partition coefficient (Wildman–Crippen LogP) is 3.16. The average Bonchev–Trinajstić information content (AvgIpc) is 3.34. The SMILES string of the molecule is COc1ccc(N2C[C@H](c3nnc(NC(=O)c4cccc(C)c4)o3)CC2=O)cc1. The van der Waals surface area contributed by atoms with Crippen molar-refractivity contribution in [3.63, 3.8) is 0 Å². The summed E-state index contributed by atoms with van der Waals surface area (Å²) < 4.78 is 10.8. The number of aryl methyl sites for hydroxylation is 1. The average molecular weight is 392 g/mol.